The Morgan fingerprint density at radius 2 is 1.75 bits per heavy atom. The molecule has 0 aromatic heterocycles. The summed E-state index contributed by atoms with van der Waals surface area (Å²) >= 11 is 0. The SMILES string of the molecule is O=C(O)c1cc2c(cc1NS(=O)(=O)c1cccc(OC(F)(F)F)c1)OCCO2. The minimum atomic E-state index is -5.00. The molecule has 3 rings (SSSR count). The molecule has 1 aliphatic heterocycles. The average molecular weight is 419 g/mol. The van der Waals surface area contributed by atoms with Gasteiger partial charge in [-0.2, -0.15) is 0 Å². The van der Waals surface area contributed by atoms with Crippen LogP contribution >= 0.6 is 0 Å². The molecular weight excluding hydrogens is 407 g/mol. The minimum Gasteiger partial charge on any atom is -0.486 e. The Balaban J connectivity index is 1.96. The molecule has 0 aliphatic carbocycles. The number of alkyl halides is 3. The molecule has 0 radical (unpaired) electrons. The number of halogens is 3. The maximum absolute atomic E-state index is 12.5. The first-order valence-electron chi connectivity index (χ1n) is 7.61. The first-order valence-corrected chi connectivity index (χ1v) is 9.09. The van der Waals surface area contributed by atoms with E-state index in [1.54, 1.807) is 0 Å². The van der Waals surface area contributed by atoms with Gasteiger partial charge in [-0.1, -0.05) is 6.07 Å². The topological polar surface area (TPSA) is 111 Å². The van der Waals surface area contributed by atoms with Gasteiger partial charge in [0.25, 0.3) is 10.0 Å². The van der Waals surface area contributed by atoms with Gasteiger partial charge in [0.2, 0.25) is 0 Å². The maximum Gasteiger partial charge on any atom is 0.573 e. The molecule has 0 saturated carbocycles. The first-order chi connectivity index (χ1) is 13.0. The number of rotatable bonds is 5. The molecule has 2 N–H and O–H groups in total. The van der Waals surface area contributed by atoms with Crippen molar-refractivity contribution in [2.45, 2.75) is 11.3 Å². The van der Waals surface area contributed by atoms with E-state index in [4.69, 9.17) is 9.47 Å². The number of carboxylic acids is 1. The second-order valence-electron chi connectivity index (χ2n) is 5.47. The Hall–Kier alpha value is -3.15. The molecular formula is C16H12F3NO7S. The quantitative estimate of drug-likeness (QED) is 0.767. The molecule has 1 aliphatic rings. The Labute approximate surface area is 156 Å². The highest BCUT2D eigenvalue weighted by Crippen LogP contribution is 2.36. The van der Waals surface area contributed by atoms with Crippen LogP contribution in [0.5, 0.6) is 17.2 Å². The summed E-state index contributed by atoms with van der Waals surface area (Å²) in [4.78, 5) is 10.9. The molecule has 0 atom stereocenters. The summed E-state index contributed by atoms with van der Waals surface area (Å²) in [5.74, 6) is -1.92. The van der Waals surface area contributed by atoms with E-state index >= 15 is 0 Å². The van der Waals surface area contributed by atoms with E-state index in [0.717, 1.165) is 30.3 Å². The van der Waals surface area contributed by atoms with Gasteiger partial charge >= 0.3 is 12.3 Å². The van der Waals surface area contributed by atoms with Crippen LogP contribution in [0.25, 0.3) is 0 Å². The second kappa shape index (κ2) is 7.11. The lowest BCUT2D eigenvalue weighted by Crippen LogP contribution is -2.20. The van der Waals surface area contributed by atoms with Crippen molar-refractivity contribution in [2.75, 3.05) is 17.9 Å². The molecule has 2 aromatic carbocycles. The third-order valence-corrected chi connectivity index (χ3v) is 4.87. The Morgan fingerprint density at radius 3 is 2.36 bits per heavy atom. The number of aromatic carboxylic acids is 1. The number of ether oxygens (including phenoxy) is 3. The molecule has 0 bridgehead atoms. The van der Waals surface area contributed by atoms with Gasteiger partial charge in [0.15, 0.2) is 11.5 Å². The molecule has 0 fully saturated rings. The van der Waals surface area contributed by atoms with Crippen LogP contribution in [0, 0.1) is 0 Å². The zero-order chi connectivity index (χ0) is 20.5. The monoisotopic (exact) mass is 419 g/mol. The van der Waals surface area contributed by atoms with Crippen molar-refractivity contribution in [3.05, 3.63) is 42.0 Å². The predicted octanol–water partition coefficient (Wildman–Crippen LogP) is 2.86. The summed E-state index contributed by atoms with van der Waals surface area (Å²) in [5.41, 5.74) is -0.755. The van der Waals surface area contributed by atoms with Gasteiger partial charge in [0, 0.05) is 18.2 Å². The van der Waals surface area contributed by atoms with E-state index < -0.39 is 38.6 Å². The van der Waals surface area contributed by atoms with Crippen molar-refractivity contribution in [1.29, 1.82) is 0 Å². The van der Waals surface area contributed by atoms with E-state index in [1.165, 1.54) is 0 Å². The Bertz CT molecular complexity index is 1020. The molecule has 12 heteroatoms. The van der Waals surface area contributed by atoms with Gasteiger partial charge in [-0.15, -0.1) is 13.2 Å². The molecule has 0 saturated heterocycles. The van der Waals surface area contributed by atoms with Gasteiger partial charge in [-0.05, 0) is 12.1 Å². The number of sulfonamides is 1. The number of hydrogen-bond donors (Lipinski definition) is 2. The molecule has 28 heavy (non-hydrogen) atoms. The van der Waals surface area contributed by atoms with Gasteiger partial charge in [0.05, 0.1) is 16.1 Å². The van der Waals surface area contributed by atoms with E-state index in [2.05, 4.69) is 4.74 Å². The molecule has 150 valence electrons. The zero-order valence-electron chi connectivity index (χ0n) is 13.8. The lowest BCUT2D eigenvalue weighted by molar-refractivity contribution is -0.274. The number of anilines is 1. The minimum absolute atomic E-state index is 0.128. The van der Waals surface area contributed by atoms with Gasteiger partial charge in [-0.25, -0.2) is 13.2 Å². The third kappa shape index (κ3) is 4.39. The van der Waals surface area contributed by atoms with E-state index in [-0.39, 0.29) is 30.4 Å². The van der Waals surface area contributed by atoms with Crippen LogP contribution in [-0.2, 0) is 10.0 Å². The number of fused-ring (bicyclic) bond motifs is 1. The molecule has 0 spiro atoms. The average Bonchev–Trinajstić information content (AvgIpc) is 2.59. The highest BCUT2D eigenvalue weighted by Gasteiger charge is 2.31. The first kappa shape index (κ1) is 19.6. The van der Waals surface area contributed by atoms with E-state index in [0.29, 0.717) is 6.07 Å². The lowest BCUT2D eigenvalue weighted by Gasteiger charge is -2.20. The van der Waals surface area contributed by atoms with Crippen LogP contribution in [0.3, 0.4) is 0 Å². The van der Waals surface area contributed by atoms with E-state index in [1.807, 2.05) is 4.72 Å². The largest absolute Gasteiger partial charge is 0.573 e. The van der Waals surface area contributed by atoms with Gasteiger partial charge < -0.3 is 19.3 Å². The second-order valence-corrected chi connectivity index (χ2v) is 7.16. The molecule has 0 unspecified atom stereocenters. The standard InChI is InChI=1S/C16H12F3NO7S/c17-16(18,19)27-9-2-1-3-10(6-9)28(23,24)20-12-8-14-13(25-4-5-26-14)7-11(12)15(21)22/h1-3,6-8,20H,4-5H2,(H,21,22). The van der Waals surface area contributed by atoms with Crippen LogP contribution in [0.1, 0.15) is 10.4 Å². The highest BCUT2D eigenvalue weighted by atomic mass is 32.2. The summed E-state index contributed by atoms with van der Waals surface area (Å²) in [6, 6.07) is 5.90. The van der Waals surface area contributed by atoms with Gasteiger partial charge in [-0.3, -0.25) is 4.72 Å². The van der Waals surface area contributed by atoms with Crippen LogP contribution in [0.2, 0.25) is 0 Å². The fourth-order valence-corrected chi connectivity index (χ4v) is 3.50. The van der Waals surface area contributed by atoms with Crippen molar-refractivity contribution < 1.29 is 45.7 Å². The van der Waals surface area contributed by atoms with Crippen molar-refractivity contribution in [1.82, 2.24) is 0 Å². The number of hydrogen-bond acceptors (Lipinski definition) is 6. The van der Waals surface area contributed by atoms with Crippen molar-refractivity contribution in [3.63, 3.8) is 0 Å². The predicted molar refractivity (Wildman–Crippen MR) is 88.3 cm³/mol. The summed E-state index contributed by atoms with van der Waals surface area (Å²) < 4.78 is 78.4. The Kier molecular flexibility index (Phi) is 4.98. The van der Waals surface area contributed by atoms with Crippen LogP contribution in [0.15, 0.2) is 41.3 Å². The summed E-state index contributed by atoms with van der Waals surface area (Å²) in [6.07, 6.45) is -5.00. The van der Waals surface area contributed by atoms with Crippen molar-refractivity contribution in [2.24, 2.45) is 0 Å². The zero-order valence-corrected chi connectivity index (χ0v) is 14.6. The Morgan fingerprint density at radius 1 is 1.11 bits per heavy atom. The molecule has 2 aromatic rings. The molecule has 0 amide bonds. The summed E-state index contributed by atoms with van der Waals surface area (Å²) in [6.45, 7) is 0.381. The van der Waals surface area contributed by atoms with E-state index in [9.17, 15) is 31.5 Å². The number of nitrogens with one attached hydrogen (secondary N) is 1. The smallest absolute Gasteiger partial charge is 0.486 e. The van der Waals surface area contributed by atoms with Crippen LogP contribution in [-0.4, -0.2) is 39.1 Å². The molecule has 8 nitrogen and oxygen atoms in total. The molecule has 1 heterocycles. The van der Waals surface area contributed by atoms with Crippen LogP contribution < -0.4 is 18.9 Å². The lowest BCUT2D eigenvalue weighted by atomic mass is 10.1. The maximum atomic E-state index is 12.5. The number of benzene rings is 2. The van der Waals surface area contributed by atoms with Gasteiger partial charge in [0.1, 0.15) is 19.0 Å². The van der Waals surface area contributed by atoms with Crippen molar-refractivity contribution in [3.8, 4) is 17.2 Å². The summed E-state index contributed by atoms with van der Waals surface area (Å²) in [5, 5.41) is 9.33. The third-order valence-electron chi connectivity index (χ3n) is 3.51. The fourth-order valence-electron chi connectivity index (χ4n) is 2.39. The number of carboxylic acid groups (broad SMARTS) is 1. The highest BCUT2D eigenvalue weighted by molar-refractivity contribution is 7.92. The number of carbonyl (C=O) groups is 1. The van der Waals surface area contributed by atoms with Crippen molar-refractivity contribution >= 4 is 21.7 Å². The normalized spacial score (nSPS) is 13.7. The fraction of sp³-hybridized carbons (Fsp3) is 0.188. The van der Waals surface area contributed by atoms with Crippen LogP contribution in [0.4, 0.5) is 18.9 Å². The summed E-state index contributed by atoms with van der Waals surface area (Å²) in [7, 11) is -4.43.